The van der Waals surface area contributed by atoms with E-state index in [1.54, 1.807) is 0 Å². The molecular weight excluding hydrogens is 270 g/mol. The van der Waals surface area contributed by atoms with Crippen LogP contribution in [-0.4, -0.2) is 31.2 Å². The first kappa shape index (κ1) is 17.3. The van der Waals surface area contributed by atoms with Crippen LogP contribution in [0.15, 0.2) is 24.3 Å². The predicted octanol–water partition coefficient (Wildman–Crippen LogP) is 3.54. The minimum atomic E-state index is 0.538. The van der Waals surface area contributed by atoms with Crippen LogP contribution in [0.5, 0.6) is 0 Å². The van der Waals surface area contributed by atoms with Crippen molar-refractivity contribution >= 4 is 5.69 Å². The topological polar surface area (TPSA) is 27.3 Å². The smallest absolute Gasteiger partial charge is 0.0366 e. The lowest BCUT2D eigenvalue weighted by molar-refractivity contribution is 0.430. The Kier molecular flexibility index (Phi) is 6.71. The van der Waals surface area contributed by atoms with E-state index >= 15 is 0 Å². The summed E-state index contributed by atoms with van der Waals surface area (Å²) >= 11 is 0. The van der Waals surface area contributed by atoms with E-state index in [1.807, 2.05) is 0 Å². The lowest BCUT2D eigenvalue weighted by Crippen LogP contribution is -2.35. The van der Waals surface area contributed by atoms with E-state index < -0.39 is 0 Å². The molecule has 1 saturated heterocycles. The molecule has 0 amide bonds. The maximum atomic E-state index is 3.70. The number of rotatable bonds is 6. The van der Waals surface area contributed by atoms with Crippen LogP contribution in [0.4, 0.5) is 5.69 Å². The zero-order valence-electron chi connectivity index (χ0n) is 14.7. The van der Waals surface area contributed by atoms with E-state index in [4.69, 9.17) is 0 Å². The standard InChI is InChI=1S/C19H33N3/c1-15(2)20-14-17-7-9-19(10-8-17)22-12-5-6-18(11-13-22)21-16(3)4/h7-10,15-16,18,20-21H,5-6,11-14H2,1-4H3. The Labute approximate surface area is 136 Å². The summed E-state index contributed by atoms with van der Waals surface area (Å²) in [5.74, 6) is 0. The Hall–Kier alpha value is -1.06. The molecule has 2 N–H and O–H groups in total. The summed E-state index contributed by atoms with van der Waals surface area (Å²) in [6.07, 6.45) is 3.82. The Balaban J connectivity index is 1.88. The van der Waals surface area contributed by atoms with Crippen molar-refractivity contribution in [2.24, 2.45) is 0 Å². The normalized spacial score (nSPS) is 19.7. The molecule has 0 radical (unpaired) electrons. The van der Waals surface area contributed by atoms with Gasteiger partial charge in [0, 0.05) is 43.4 Å². The molecule has 1 aromatic rings. The molecule has 1 fully saturated rings. The highest BCUT2D eigenvalue weighted by Crippen LogP contribution is 2.20. The van der Waals surface area contributed by atoms with Crippen molar-refractivity contribution in [3.05, 3.63) is 29.8 Å². The minimum absolute atomic E-state index is 0.538. The van der Waals surface area contributed by atoms with E-state index in [-0.39, 0.29) is 0 Å². The summed E-state index contributed by atoms with van der Waals surface area (Å²) < 4.78 is 0. The van der Waals surface area contributed by atoms with E-state index in [0.717, 1.165) is 13.1 Å². The minimum Gasteiger partial charge on any atom is -0.371 e. The molecule has 1 unspecified atom stereocenters. The van der Waals surface area contributed by atoms with Gasteiger partial charge in [-0.15, -0.1) is 0 Å². The predicted molar refractivity (Wildman–Crippen MR) is 96.5 cm³/mol. The van der Waals surface area contributed by atoms with Gasteiger partial charge in [0.25, 0.3) is 0 Å². The van der Waals surface area contributed by atoms with E-state index in [0.29, 0.717) is 18.1 Å². The van der Waals surface area contributed by atoms with Gasteiger partial charge in [-0.3, -0.25) is 0 Å². The lowest BCUT2D eigenvalue weighted by atomic mass is 10.1. The molecule has 0 aromatic heterocycles. The molecule has 1 aromatic carbocycles. The number of hydrogen-bond acceptors (Lipinski definition) is 3. The monoisotopic (exact) mass is 303 g/mol. The SMILES string of the molecule is CC(C)NCc1ccc(N2CCCC(NC(C)C)CC2)cc1. The van der Waals surface area contributed by atoms with Gasteiger partial charge in [0.2, 0.25) is 0 Å². The zero-order chi connectivity index (χ0) is 15.9. The average molecular weight is 303 g/mol. The molecule has 1 aliphatic heterocycles. The summed E-state index contributed by atoms with van der Waals surface area (Å²) in [6, 6.07) is 10.9. The largest absolute Gasteiger partial charge is 0.371 e. The van der Waals surface area contributed by atoms with E-state index in [2.05, 4.69) is 67.5 Å². The maximum absolute atomic E-state index is 3.70. The molecule has 3 nitrogen and oxygen atoms in total. The van der Waals surface area contributed by atoms with Gasteiger partial charge in [-0.05, 0) is 37.0 Å². The van der Waals surface area contributed by atoms with E-state index in [1.165, 1.54) is 37.1 Å². The highest BCUT2D eigenvalue weighted by molar-refractivity contribution is 5.47. The summed E-state index contributed by atoms with van der Waals surface area (Å²) in [6.45, 7) is 12.2. The quantitative estimate of drug-likeness (QED) is 0.841. The second kappa shape index (κ2) is 8.54. The second-order valence-electron chi connectivity index (χ2n) is 7.14. The third kappa shape index (κ3) is 5.62. The molecule has 0 spiro atoms. The van der Waals surface area contributed by atoms with Crippen LogP contribution in [0.25, 0.3) is 0 Å². The van der Waals surface area contributed by atoms with Gasteiger partial charge in [0.15, 0.2) is 0 Å². The molecule has 0 saturated carbocycles. The Morgan fingerprint density at radius 3 is 2.36 bits per heavy atom. The molecule has 1 atom stereocenters. The van der Waals surface area contributed by atoms with E-state index in [9.17, 15) is 0 Å². The average Bonchev–Trinajstić information content (AvgIpc) is 2.71. The van der Waals surface area contributed by atoms with Crippen LogP contribution < -0.4 is 15.5 Å². The maximum Gasteiger partial charge on any atom is 0.0366 e. The van der Waals surface area contributed by atoms with Gasteiger partial charge in [0.05, 0.1) is 0 Å². The van der Waals surface area contributed by atoms with Crippen molar-refractivity contribution in [1.29, 1.82) is 0 Å². The first-order valence-electron chi connectivity index (χ1n) is 8.88. The van der Waals surface area contributed by atoms with Crippen LogP contribution in [0.3, 0.4) is 0 Å². The number of nitrogens with zero attached hydrogens (tertiary/aromatic N) is 1. The number of anilines is 1. The first-order chi connectivity index (χ1) is 10.5. The number of nitrogens with one attached hydrogen (secondary N) is 2. The number of benzene rings is 1. The fourth-order valence-electron chi connectivity index (χ4n) is 3.14. The van der Waals surface area contributed by atoms with Crippen molar-refractivity contribution in [3.63, 3.8) is 0 Å². The van der Waals surface area contributed by atoms with Crippen LogP contribution in [0, 0.1) is 0 Å². The molecule has 3 heteroatoms. The van der Waals surface area contributed by atoms with Crippen LogP contribution in [-0.2, 0) is 6.54 Å². The Bertz CT molecular complexity index is 425. The summed E-state index contributed by atoms with van der Waals surface area (Å²) in [5, 5.41) is 7.17. The van der Waals surface area contributed by atoms with Crippen molar-refractivity contribution in [1.82, 2.24) is 10.6 Å². The van der Waals surface area contributed by atoms with Gasteiger partial charge in [-0.2, -0.15) is 0 Å². The Morgan fingerprint density at radius 2 is 1.73 bits per heavy atom. The number of hydrogen-bond donors (Lipinski definition) is 2. The molecule has 124 valence electrons. The van der Waals surface area contributed by atoms with Crippen molar-refractivity contribution in [3.8, 4) is 0 Å². The van der Waals surface area contributed by atoms with Crippen molar-refractivity contribution < 1.29 is 0 Å². The molecule has 1 heterocycles. The van der Waals surface area contributed by atoms with Gasteiger partial charge in [-0.25, -0.2) is 0 Å². The summed E-state index contributed by atoms with van der Waals surface area (Å²) in [4.78, 5) is 2.54. The molecule has 0 bridgehead atoms. The molecule has 2 rings (SSSR count). The highest BCUT2D eigenvalue weighted by Gasteiger charge is 2.17. The second-order valence-corrected chi connectivity index (χ2v) is 7.14. The molecule has 22 heavy (non-hydrogen) atoms. The zero-order valence-corrected chi connectivity index (χ0v) is 14.7. The lowest BCUT2D eigenvalue weighted by Gasteiger charge is -2.24. The van der Waals surface area contributed by atoms with Crippen LogP contribution in [0.2, 0.25) is 0 Å². The van der Waals surface area contributed by atoms with Gasteiger partial charge in [-0.1, -0.05) is 39.8 Å². The summed E-state index contributed by atoms with van der Waals surface area (Å²) in [5.41, 5.74) is 2.74. The first-order valence-corrected chi connectivity index (χ1v) is 8.88. The van der Waals surface area contributed by atoms with Crippen molar-refractivity contribution in [2.75, 3.05) is 18.0 Å². The van der Waals surface area contributed by atoms with Gasteiger partial charge < -0.3 is 15.5 Å². The van der Waals surface area contributed by atoms with Crippen molar-refractivity contribution in [2.45, 2.75) is 71.6 Å². The van der Waals surface area contributed by atoms with Crippen LogP contribution in [0.1, 0.15) is 52.5 Å². The third-order valence-corrected chi connectivity index (χ3v) is 4.31. The fourth-order valence-corrected chi connectivity index (χ4v) is 3.14. The fraction of sp³-hybridized carbons (Fsp3) is 0.684. The molecular formula is C19H33N3. The Morgan fingerprint density at radius 1 is 1.00 bits per heavy atom. The molecule has 0 aliphatic carbocycles. The van der Waals surface area contributed by atoms with Gasteiger partial charge >= 0.3 is 0 Å². The summed E-state index contributed by atoms with van der Waals surface area (Å²) in [7, 11) is 0. The highest BCUT2D eigenvalue weighted by atomic mass is 15.1. The third-order valence-electron chi connectivity index (χ3n) is 4.31. The van der Waals surface area contributed by atoms with Crippen LogP contribution >= 0.6 is 0 Å². The molecule has 1 aliphatic rings. The van der Waals surface area contributed by atoms with Gasteiger partial charge in [0.1, 0.15) is 0 Å².